The van der Waals surface area contributed by atoms with Gasteiger partial charge in [0.2, 0.25) is 0 Å². The third-order valence-electron chi connectivity index (χ3n) is 3.03. The Morgan fingerprint density at radius 3 is 2.71 bits per heavy atom. The van der Waals surface area contributed by atoms with Gasteiger partial charge < -0.3 is 0 Å². The maximum Gasteiger partial charge on any atom is 0.103 e. The van der Waals surface area contributed by atoms with Crippen LogP contribution in [0.5, 0.6) is 0 Å². The first-order valence-corrected chi connectivity index (χ1v) is 7.25. The molecule has 0 aromatic heterocycles. The van der Waals surface area contributed by atoms with E-state index >= 15 is 0 Å². The molecule has 1 heterocycles. The SMILES string of the molecule is CC1C=CC=C2SC(c3ccc(Br)cc3)=NC21. The number of benzene rings is 1. The third kappa shape index (κ3) is 2.14. The highest BCUT2D eigenvalue weighted by atomic mass is 79.9. The molecule has 2 unspecified atom stereocenters. The molecule has 0 saturated carbocycles. The maximum atomic E-state index is 4.84. The van der Waals surface area contributed by atoms with E-state index in [-0.39, 0.29) is 0 Å². The summed E-state index contributed by atoms with van der Waals surface area (Å²) in [4.78, 5) is 6.21. The molecule has 17 heavy (non-hydrogen) atoms. The minimum Gasteiger partial charge on any atom is -0.268 e. The van der Waals surface area contributed by atoms with Gasteiger partial charge in [-0.15, -0.1) is 0 Å². The van der Waals surface area contributed by atoms with Crippen LogP contribution in [-0.4, -0.2) is 11.1 Å². The fourth-order valence-corrected chi connectivity index (χ4v) is 3.50. The molecule has 0 spiro atoms. The number of halogens is 1. The van der Waals surface area contributed by atoms with Crippen molar-refractivity contribution in [3.8, 4) is 0 Å². The number of fused-ring (bicyclic) bond motifs is 1. The first-order valence-electron chi connectivity index (χ1n) is 5.64. The molecule has 2 aliphatic rings. The molecule has 0 radical (unpaired) electrons. The summed E-state index contributed by atoms with van der Waals surface area (Å²) < 4.78 is 1.11. The topological polar surface area (TPSA) is 12.4 Å². The first kappa shape index (κ1) is 11.3. The molecule has 1 nitrogen and oxygen atoms in total. The second kappa shape index (κ2) is 4.46. The van der Waals surface area contributed by atoms with Gasteiger partial charge in [0.05, 0.1) is 6.04 Å². The van der Waals surface area contributed by atoms with Gasteiger partial charge >= 0.3 is 0 Å². The van der Waals surface area contributed by atoms with E-state index in [2.05, 4.69) is 65.3 Å². The number of nitrogens with zero attached hydrogens (tertiary/aromatic N) is 1. The van der Waals surface area contributed by atoms with Gasteiger partial charge in [-0.2, -0.15) is 0 Å². The van der Waals surface area contributed by atoms with Gasteiger partial charge in [-0.05, 0) is 12.1 Å². The van der Waals surface area contributed by atoms with Crippen LogP contribution in [-0.2, 0) is 0 Å². The zero-order valence-corrected chi connectivity index (χ0v) is 11.8. The quantitative estimate of drug-likeness (QED) is 0.749. The number of allylic oxidation sites excluding steroid dienone is 2. The van der Waals surface area contributed by atoms with E-state index in [1.807, 2.05) is 0 Å². The van der Waals surface area contributed by atoms with Crippen molar-refractivity contribution in [2.45, 2.75) is 13.0 Å². The Kier molecular flexibility index (Phi) is 2.97. The van der Waals surface area contributed by atoms with Crippen LogP contribution in [0.2, 0.25) is 0 Å². The van der Waals surface area contributed by atoms with Gasteiger partial charge in [0.1, 0.15) is 5.04 Å². The van der Waals surface area contributed by atoms with E-state index in [9.17, 15) is 0 Å². The Bertz CT molecular complexity index is 528. The van der Waals surface area contributed by atoms with Crippen molar-refractivity contribution in [3.05, 3.63) is 57.4 Å². The Morgan fingerprint density at radius 1 is 1.24 bits per heavy atom. The number of aliphatic imine (C=N–C) groups is 1. The minimum absolute atomic E-state index is 0.337. The van der Waals surface area contributed by atoms with Crippen molar-refractivity contribution in [1.29, 1.82) is 0 Å². The Balaban J connectivity index is 1.92. The molecular weight excluding hydrogens is 294 g/mol. The lowest BCUT2D eigenvalue weighted by Crippen LogP contribution is -2.14. The normalized spacial score (nSPS) is 26.5. The summed E-state index contributed by atoms with van der Waals surface area (Å²) >= 11 is 5.26. The Hall–Kier alpha value is -0.800. The van der Waals surface area contributed by atoms with Gasteiger partial charge in [-0.1, -0.05) is 65.0 Å². The summed E-state index contributed by atoms with van der Waals surface area (Å²) in [6.07, 6.45) is 6.55. The van der Waals surface area contributed by atoms with Crippen molar-refractivity contribution < 1.29 is 0 Å². The summed E-state index contributed by atoms with van der Waals surface area (Å²) in [5, 5.41) is 1.14. The van der Waals surface area contributed by atoms with E-state index in [0.717, 1.165) is 9.52 Å². The molecule has 0 fully saturated rings. The highest BCUT2D eigenvalue weighted by Gasteiger charge is 2.29. The molecule has 3 rings (SSSR count). The maximum absolute atomic E-state index is 4.84. The minimum atomic E-state index is 0.337. The van der Waals surface area contributed by atoms with Crippen molar-refractivity contribution in [3.63, 3.8) is 0 Å². The molecule has 1 aliphatic carbocycles. The largest absolute Gasteiger partial charge is 0.268 e. The van der Waals surface area contributed by atoms with Gasteiger partial charge in [0.25, 0.3) is 0 Å². The summed E-state index contributed by atoms with van der Waals surface area (Å²) in [5.41, 5.74) is 1.21. The molecule has 0 saturated heterocycles. The molecule has 3 heteroatoms. The molecule has 0 N–H and O–H groups in total. The molecule has 0 amide bonds. The predicted octanol–water partition coefficient (Wildman–Crippen LogP) is 4.40. The highest BCUT2D eigenvalue weighted by Crippen LogP contribution is 2.39. The lowest BCUT2D eigenvalue weighted by molar-refractivity contribution is 0.626. The van der Waals surface area contributed by atoms with Crippen LogP contribution >= 0.6 is 27.7 Å². The van der Waals surface area contributed by atoms with Crippen LogP contribution < -0.4 is 0 Å². The summed E-state index contributed by atoms with van der Waals surface area (Å²) in [6.45, 7) is 2.22. The molecule has 1 aliphatic heterocycles. The number of hydrogen-bond donors (Lipinski definition) is 0. The summed E-state index contributed by atoms with van der Waals surface area (Å²) in [5.74, 6) is 0.510. The monoisotopic (exact) mass is 305 g/mol. The van der Waals surface area contributed by atoms with Crippen LogP contribution in [0.3, 0.4) is 0 Å². The second-order valence-electron chi connectivity index (χ2n) is 4.30. The highest BCUT2D eigenvalue weighted by molar-refractivity contribution is 9.10. The van der Waals surface area contributed by atoms with Gasteiger partial charge in [0, 0.05) is 20.9 Å². The van der Waals surface area contributed by atoms with E-state index < -0.39 is 0 Å². The number of thioether (sulfide) groups is 1. The van der Waals surface area contributed by atoms with Crippen molar-refractivity contribution in [1.82, 2.24) is 0 Å². The second-order valence-corrected chi connectivity index (χ2v) is 6.28. The predicted molar refractivity (Wildman–Crippen MR) is 78.4 cm³/mol. The van der Waals surface area contributed by atoms with Crippen molar-refractivity contribution in [2.75, 3.05) is 0 Å². The van der Waals surface area contributed by atoms with Crippen molar-refractivity contribution >= 4 is 32.7 Å². The number of hydrogen-bond acceptors (Lipinski definition) is 2. The van der Waals surface area contributed by atoms with Gasteiger partial charge in [-0.25, -0.2) is 0 Å². The Labute approximate surface area is 114 Å². The molecule has 86 valence electrons. The first-order chi connectivity index (χ1) is 8.24. The lowest BCUT2D eigenvalue weighted by atomic mass is 9.97. The van der Waals surface area contributed by atoms with E-state index in [0.29, 0.717) is 12.0 Å². The smallest absolute Gasteiger partial charge is 0.103 e. The van der Waals surface area contributed by atoms with E-state index in [1.54, 1.807) is 11.8 Å². The fraction of sp³-hybridized carbons (Fsp3) is 0.214. The lowest BCUT2D eigenvalue weighted by Gasteiger charge is -2.16. The molecule has 1 aromatic carbocycles. The van der Waals surface area contributed by atoms with Crippen LogP contribution in [0.15, 0.2) is 56.9 Å². The zero-order valence-electron chi connectivity index (χ0n) is 9.43. The third-order valence-corrected chi connectivity index (χ3v) is 4.70. The van der Waals surface area contributed by atoms with Crippen molar-refractivity contribution in [2.24, 2.45) is 10.9 Å². The molecule has 2 atom stereocenters. The Morgan fingerprint density at radius 2 is 2.00 bits per heavy atom. The summed E-state index contributed by atoms with van der Waals surface area (Å²) in [7, 11) is 0. The van der Waals surface area contributed by atoms with Gasteiger partial charge in [-0.3, -0.25) is 4.99 Å². The molecule has 0 bridgehead atoms. The average molecular weight is 306 g/mol. The molecular formula is C14H12BrNS. The summed E-state index contributed by atoms with van der Waals surface area (Å²) in [6, 6.07) is 8.70. The number of rotatable bonds is 1. The molecule has 1 aromatic rings. The van der Waals surface area contributed by atoms with Crippen LogP contribution in [0, 0.1) is 5.92 Å². The van der Waals surface area contributed by atoms with E-state index in [4.69, 9.17) is 4.99 Å². The van der Waals surface area contributed by atoms with E-state index in [1.165, 1.54) is 10.5 Å². The van der Waals surface area contributed by atoms with Crippen LogP contribution in [0.1, 0.15) is 12.5 Å². The standard InChI is InChI=1S/C14H12BrNS/c1-9-3-2-4-12-13(9)16-14(17-12)10-5-7-11(15)8-6-10/h2-9,13H,1H3. The zero-order chi connectivity index (χ0) is 11.8. The van der Waals surface area contributed by atoms with Crippen LogP contribution in [0.4, 0.5) is 0 Å². The fourth-order valence-electron chi connectivity index (χ4n) is 2.05. The average Bonchev–Trinajstić information content (AvgIpc) is 2.75. The van der Waals surface area contributed by atoms with Crippen LogP contribution in [0.25, 0.3) is 0 Å². The van der Waals surface area contributed by atoms with Gasteiger partial charge in [0.15, 0.2) is 0 Å².